The van der Waals surface area contributed by atoms with Crippen LogP contribution in [0.2, 0.25) is 15.1 Å². The maximum Gasteiger partial charge on any atom is 0.255 e. The molecule has 4 nitrogen and oxygen atoms in total. The molecule has 0 spiro atoms. The summed E-state index contributed by atoms with van der Waals surface area (Å²) in [6.07, 6.45) is 0. The van der Waals surface area contributed by atoms with Crippen LogP contribution in [0.5, 0.6) is 0 Å². The molecule has 2 aromatic carbocycles. The van der Waals surface area contributed by atoms with Gasteiger partial charge in [0, 0.05) is 27.9 Å². The van der Waals surface area contributed by atoms with Gasteiger partial charge in [0.25, 0.3) is 5.56 Å². The number of nitrogens with zero attached hydrogens (tertiary/aromatic N) is 2. The molecule has 0 bridgehead atoms. The van der Waals surface area contributed by atoms with E-state index in [0.29, 0.717) is 22.5 Å². The first-order valence-electron chi connectivity index (χ1n) is 7.79. The molecule has 0 saturated carbocycles. The Kier molecular flexibility index (Phi) is 5.65. The second-order valence-electron chi connectivity index (χ2n) is 5.79. The fraction of sp³-hybridized carbons (Fsp3) is 0.105. The van der Waals surface area contributed by atoms with Crippen LogP contribution in [-0.2, 0) is 0 Å². The fourth-order valence-electron chi connectivity index (χ4n) is 2.92. The average Bonchev–Trinajstić information content (AvgIpc) is 2.61. The number of aromatic nitrogens is 1. The van der Waals surface area contributed by atoms with Crippen molar-refractivity contribution < 1.29 is 4.39 Å². The highest BCUT2D eigenvalue weighted by Gasteiger charge is 2.23. The van der Waals surface area contributed by atoms with Crippen molar-refractivity contribution in [1.82, 2.24) is 4.57 Å². The molecule has 0 aliphatic heterocycles. The van der Waals surface area contributed by atoms with Gasteiger partial charge in [-0.3, -0.25) is 9.36 Å². The number of hydrogen-bond acceptors (Lipinski definition) is 3. The van der Waals surface area contributed by atoms with Crippen molar-refractivity contribution in [3.05, 3.63) is 101 Å². The molecule has 0 aliphatic carbocycles. The van der Waals surface area contributed by atoms with E-state index in [1.165, 1.54) is 28.8 Å². The monoisotopic (exact) mass is 424 g/mol. The van der Waals surface area contributed by atoms with Crippen LogP contribution in [0.4, 0.5) is 4.39 Å². The van der Waals surface area contributed by atoms with Crippen LogP contribution in [-0.4, -0.2) is 4.57 Å². The number of pyridine rings is 1. The van der Waals surface area contributed by atoms with Gasteiger partial charge in [0.1, 0.15) is 11.9 Å². The molecule has 0 amide bonds. The minimum absolute atomic E-state index is 0.0625. The van der Waals surface area contributed by atoms with Crippen LogP contribution < -0.4 is 5.56 Å². The number of halogens is 4. The summed E-state index contributed by atoms with van der Waals surface area (Å²) in [7, 11) is 0. The third kappa shape index (κ3) is 3.63. The highest BCUT2D eigenvalue weighted by Crippen LogP contribution is 2.35. The lowest BCUT2D eigenvalue weighted by Crippen LogP contribution is -2.22. The Morgan fingerprint density at radius 2 is 1.59 bits per heavy atom. The van der Waals surface area contributed by atoms with E-state index in [0.717, 1.165) is 6.07 Å². The van der Waals surface area contributed by atoms with Crippen LogP contribution >= 0.6 is 34.8 Å². The zero-order valence-corrected chi connectivity index (χ0v) is 16.2. The molecule has 0 N–H and O–H groups in total. The van der Waals surface area contributed by atoms with Gasteiger partial charge in [0.15, 0.2) is 0 Å². The standard InChI is InChI=1S/C19H12Cl3FN2O2/c1-10-12(18(24-27)13-6-5-11(23)9-16(13)22)7-8-17(26)25(10)19-14(20)3-2-4-15(19)21/h2-9,18H,1H3. The molecule has 0 radical (unpaired) electrons. The van der Waals surface area contributed by atoms with E-state index in [1.54, 1.807) is 25.1 Å². The Bertz CT molecular complexity index is 1080. The average molecular weight is 426 g/mol. The third-order valence-corrected chi connectivity index (χ3v) is 5.13. The summed E-state index contributed by atoms with van der Waals surface area (Å²) in [4.78, 5) is 24.1. The Labute approximate surface area is 169 Å². The summed E-state index contributed by atoms with van der Waals surface area (Å²) < 4.78 is 14.7. The van der Waals surface area contributed by atoms with Crippen LogP contribution in [0.1, 0.15) is 22.9 Å². The molecule has 0 aliphatic rings. The van der Waals surface area contributed by atoms with Crippen LogP contribution in [0.25, 0.3) is 5.69 Å². The predicted molar refractivity (Wildman–Crippen MR) is 106 cm³/mol. The largest absolute Gasteiger partial charge is 0.278 e. The smallest absolute Gasteiger partial charge is 0.255 e. The van der Waals surface area contributed by atoms with Crippen molar-refractivity contribution in [2.45, 2.75) is 13.0 Å². The summed E-state index contributed by atoms with van der Waals surface area (Å²) in [5.41, 5.74) is 1.10. The van der Waals surface area contributed by atoms with E-state index in [2.05, 4.69) is 5.18 Å². The highest BCUT2D eigenvalue weighted by molar-refractivity contribution is 6.37. The van der Waals surface area contributed by atoms with Gasteiger partial charge in [0.2, 0.25) is 0 Å². The Morgan fingerprint density at radius 3 is 2.19 bits per heavy atom. The third-order valence-electron chi connectivity index (χ3n) is 4.20. The first kappa shape index (κ1) is 19.5. The SMILES string of the molecule is Cc1c(C(N=O)c2ccc(F)cc2Cl)ccc(=O)n1-c1c(Cl)cccc1Cl. The molecule has 1 unspecified atom stereocenters. The normalized spacial score (nSPS) is 12.0. The molecule has 1 aromatic heterocycles. The maximum absolute atomic E-state index is 13.4. The summed E-state index contributed by atoms with van der Waals surface area (Å²) in [5, 5.41) is 3.77. The van der Waals surface area contributed by atoms with Crippen molar-refractivity contribution >= 4 is 34.8 Å². The van der Waals surface area contributed by atoms with Gasteiger partial charge < -0.3 is 0 Å². The Balaban J connectivity index is 2.26. The first-order chi connectivity index (χ1) is 12.8. The molecule has 3 rings (SSSR count). The lowest BCUT2D eigenvalue weighted by atomic mass is 9.98. The fourth-order valence-corrected chi connectivity index (χ4v) is 3.76. The summed E-state index contributed by atoms with van der Waals surface area (Å²) in [6.45, 7) is 1.64. The van der Waals surface area contributed by atoms with Gasteiger partial charge in [-0.05, 0) is 37.3 Å². The van der Waals surface area contributed by atoms with E-state index in [1.807, 2.05) is 0 Å². The van der Waals surface area contributed by atoms with Crippen LogP contribution in [0.15, 0.2) is 58.5 Å². The van der Waals surface area contributed by atoms with Crippen molar-refractivity contribution in [1.29, 1.82) is 0 Å². The molecule has 8 heteroatoms. The molecular weight excluding hydrogens is 414 g/mol. The number of para-hydroxylation sites is 1. The van der Waals surface area contributed by atoms with Gasteiger partial charge >= 0.3 is 0 Å². The number of nitroso groups, excluding NO2 is 1. The van der Waals surface area contributed by atoms with Crippen molar-refractivity contribution in [3.8, 4) is 5.69 Å². The number of benzene rings is 2. The maximum atomic E-state index is 13.4. The topological polar surface area (TPSA) is 51.4 Å². The van der Waals surface area contributed by atoms with E-state index in [-0.39, 0.29) is 20.6 Å². The molecule has 0 fully saturated rings. The van der Waals surface area contributed by atoms with Gasteiger partial charge in [-0.2, -0.15) is 0 Å². The highest BCUT2D eigenvalue weighted by atomic mass is 35.5. The minimum Gasteiger partial charge on any atom is -0.278 e. The first-order valence-corrected chi connectivity index (χ1v) is 8.93. The summed E-state index contributed by atoms with van der Waals surface area (Å²) in [5.74, 6) is -0.530. The summed E-state index contributed by atoms with van der Waals surface area (Å²) >= 11 is 18.6. The van der Waals surface area contributed by atoms with Gasteiger partial charge in [0.05, 0.1) is 15.7 Å². The van der Waals surface area contributed by atoms with Crippen LogP contribution in [0.3, 0.4) is 0 Å². The van der Waals surface area contributed by atoms with Gasteiger partial charge in [-0.25, -0.2) is 4.39 Å². The Morgan fingerprint density at radius 1 is 0.963 bits per heavy atom. The molecule has 1 heterocycles. The van der Waals surface area contributed by atoms with E-state index in [9.17, 15) is 14.1 Å². The second kappa shape index (κ2) is 7.80. The van der Waals surface area contributed by atoms with E-state index >= 15 is 0 Å². The number of hydrogen-bond donors (Lipinski definition) is 0. The van der Waals surface area contributed by atoms with E-state index in [4.69, 9.17) is 34.8 Å². The Hall–Kier alpha value is -2.21. The predicted octanol–water partition coefficient (Wildman–Crippen LogP) is 6.10. The molecule has 138 valence electrons. The molecule has 27 heavy (non-hydrogen) atoms. The van der Waals surface area contributed by atoms with Crippen LogP contribution in [0, 0.1) is 17.6 Å². The molecule has 1 atom stereocenters. The number of rotatable bonds is 4. The minimum atomic E-state index is -1.04. The molecular formula is C19H12Cl3FN2O2. The van der Waals surface area contributed by atoms with E-state index < -0.39 is 11.9 Å². The van der Waals surface area contributed by atoms with Gasteiger partial charge in [-0.1, -0.05) is 52.1 Å². The molecule has 3 aromatic rings. The van der Waals surface area contributed by atoms with Crippen molar-refractivity contribution in [2.75, 3.05) is 0 Å². The quantitative estimate of drug-likeness (QED) is 0.474. The zero-order chi connectivity index (χ0) is 19.7. The van der Waals surface area contributed by atoms with Crippen molar-refractivity contribution in [3.63, 3.8) is 0 Å². The zero-order valence-electron chi connectivity index (χ0n) is 13.9. The second-order valence-corrected chi connectivity index (χ2v) is 7.01. The van der Waals surface area contributed by atoms with Crippen molar-refractivity contribution in [2.24, 2.45) is 5.18 Å². The lowest BCUT2D eigenvalue weighted by molar-refractivity contribution is 0.626. The molecule has 0 saturated heterocycles. The lowest BCUT2D eigenvalue weighted by Gasteiger charge is -2.19. The summed E-state index contributed by atoms with van der Waals surface area (Å²) in [6, 6.07) is 10.3. The van der Waals surface area contributed by atoms with Gasteiger partial charge in [-0.15, -0.1) is 4.91 Å².